The highest BCUT2D eigenvalue weighted by Crippen LogP contribution is 2.37. The first-order chi connectivity index (χ1) is 14.8. The Balaban J connectivity index is 1.53. The molecule has 6 nitrogen and oxygen atoms in total. The number of halogens is 4. The van der Waals surface area contributed by atoms with Crippen LogP contribution in [-0.2, 0) is 21.2 Å². The fraction of sp³-hybridized carbons (Fsp3) is 0.571. The molecule has 0 spiro atoms. The van der Waals surface area contributed by atoms with Crippen molar-refractivity contribution in [3.05, 3.63) is 47.1 Å². The number of nitrogens with zero attached hydrogens (tertiary/aromatic N) is 2. The molecule has 2 fully saturated rings. The third kappa shape index (κ3) is 4.58. The molecule has 2 heterocycles. The van der Waals surface area contributed by atoms with E-state index < -0.39 is 29.4 Å². The van der Waals surface area contributed by atoms with E-state index >= 15 is 0 Å². The Morgan fingerprint density at radius 2 is 1.77 bits per heavy atom. The minimum atomic E-state index is -4.53. The van der Waals surface area contributed by atoms with E-state index in [4.69, 9.17) is 9.26 Å². The lowest BCUT2D eigenvalue weighted by Gasteiger charge is -2.35. The minimum absolute atomic E-state index is 0.162. The number of amides is 1. The highest BCUT2D eigenvalue weighted by atomic mass is 19.4. The molecule has 1 saturated heterocycles. The number of rotatable bonds is 5. The van der Waals surface area contributed by atoms with E-state index in [2.05, 4.69) is 15.5 Å². The first-order valence-electron chi connectivity index (χ1n) is 10.3. The van der Waals surface area contributed by atoms with Crippen molar-refractivity contribution in [3.63, 3.8) is 0 Å². The molecule has 31 heavy (non-hydrogen) atoms. The fourth-order valence-corrected chi connectivity index (χ4v) is 4.18. The van der Waals surface area contributed by atoms with Crippen LogP contribution in [0.4, 0.5) is 17.6 Å². The second-order valence-corrected chi connectivity index (χ2v) is 8.11. The van der Waals surface area contributed by atoms with Crippen LogP contribution < -0.4 is 5.32 Å². The number of ether oxygens (including phenoxy) is 1. The fourth-order valence-electron chi connectivity index (χ4n) is 4.18. The lowest BCUT2D eigenvalue weighted by Crippen LogP contribution is -2.50. The molecule has 1 aromatic heterocycles. The van der Waals surface area contributed by atoms with Gasteiger partial charge in [-0.1, -0.05) is 30.1 Å². The molecule has 4 rings (SSSR count). The number of aromatic nitrogens is 2. The van der Waals surface area contributed by atoms with E-state index in [1.165, 1.54) is 0 Å². The standard InChI is InChI=1S/C21H23F4N3O3/c22-16(13-5-7-15(8-6-13)21(23,24)25)18(29)27-20(9-11-30-12-10-20)19-26-17(28-31-19)14-3-1-2-4-14/h5-8,14,16H,1-4,9-12H2,(H,27,29)/t16-/m1/s1. The van der Waals surface area contributed by atoms with Gasteiger partial charge in [-0.15, -0.1) is 0 Å². The zero-order valence-corrected chi connectivity index (χ0v) is 16.8. The molecule has 1 saturated carbocycles. The maximum Gasteiger partial charge on any atom is 0.416 e. The smallest absolute Gasteiger partial charge is 0.381 e. The van der Waals surface area contributed by atoms with Gasteiger partial charge in [0.25, 0.3) is 11.8 Å². The van der Waals surface area contributed by atoms with Crippen molar-refractivity contribution in [2.45, 2.75) is 62.3 Å². The van der Waals surface area contributed by atoms with Crippen molar-refractivity contribution >= 4 is 5.91 Å². The summed E-state index contributed by atoms with van der Waals surface area (Å²) in [7, 11) is 0. The average molecular weight is 441 g/mol. The minimum Gasteiger partial charge on any atom is -0.381 e. The van der Waals surface area contributed by atoms with Crippen LogP contribution in [0.3, 0.4) is 0 Å². The average Bonchev–Trinajstić information content (AvgIpc) is 3.45. The maximum atomic E-state index is 14.9. The second kappa shape index (κ2) is 8.57. The van der Waals surface area contributed by atoms with Crippen LogP contribution in [0.25, 0.3) is 0 Å². The number of hydrogen-bond acceptors (Lipinski definition) is 5. The molecule has 2 aliphatic rings. The van der Waals surface area contributed by atoms with Crippen molar-refractivity contribution in [1.82, 2.24) is 15.5 Å². The zero-order chi connectivity index (χ0) is 22.1. The molecule has 1 aliphatic carbocycles. The largest absolute Gasteiger partial charge is 0.416 e. The summed E-state index contributed by atoms with van der Waals surface area (Å²) in [6.45, 7) is 0.636. The Kier molecular flexibility index (Phi) is 6.00. The number of alkyl halides is 4. The van der Waals surface area contributed by atoms with Gasteiger partial charge in [-0.05, 0) is 30.5 Å². The van der Waals surface area contributed by atoms with E-state index in [1.807, 2.05) is 0 Å². The van der Waals surface area contributed by atoms with Crippen LogP contribution in [0.2, 0.25) is 0 Å². The van der Waals surface area contributed by atoms with Gasteiger partial charge in [0, 0.05) is 32.0 Å². The molecule has 1 aliphatic heterocycles. The van der Waals surface area contributed by atoms with Gasteiger partial charge in [-0.25, -0.2) is 4.39 Å². The van der Waals surface area contributed by atoms with Gasteiger partial charge in [0.05, 0.1) is 5.56 Å². The molecule has 10 heteroatoms. The predicted molar refractivity (Wildman–Crippen MR) is 101 cm³/mol. The van der Waals surface area contributed by atoms with Crippen LogP contribution in [0, 0.1) is 0 Å². The van der Waals surface area contributed by atoms with Crippen LogP contribution in [0.1, 0.15) is 73.5 Å². The summed E-state index contributed by atoms with van der Waals surface area (Å²) in [4.78, 5) is 17.2. The van der Waals surface area contributed by atoms with E-state index in [0.29, 0.717) is 31.9 Å². The Labute approximate surface area is 176 Å². The molecule has 0 radical (unpaired) electrons. The Bertz CT molecular complexity index is 901. The third-order valence-corrected chi connectivity index (χ3v) is 6.04. The highest BCUT2D eigenvalue weighted by molar-refractivity contribution is 5.82. The zero-order valence-electron chi connectivity index (χ0n) is 16.8. The number of carbonyl (C=O) groups excluding carboxylic acids is 1. The highest BCUT2D eigenvalue weighted by Gasteiger charge is 2.43. The summed E-state index contributed by atoms with van der Waals surface area (Å²) in [5.41, 5.74) is -2.14. The molecule has 0 unspecified atom stereocenters. The summed E-state index contributed by atoms with van der Waals surface area (Å²) in [5.74, 6) is 0.0475. The van der Waals surface area contributed by atoms with Crippen molar-refractivity contribution in [2.75, 3.05) is 13.2 Å². The maximum absolute atomic E-state index is 14.9. The van der Waals surface area contributed by atoms with Gasteiger partial charge in [0.2, 0.25) is 6.17 Å². The van der Waals surface area contributed by atoms with Gasteiger partial charge in [0.1, 0.15) is 5.54 Å². The number of benzene rings is 1. The second-order valence-electron chi connectivity index (χ2n) is 8.11. The van der Waals surface area contributed by atoms with Gasteiger partial charge < -0.3 is 14.6 Å². The van der Waals surface area contributed by atoms with E-state index in [1.54, 1.807) is 0 Å². The molecular formula is C21H23F4N3O3. The molecule has 2 aromatic rings. The summed E-state index contributed by atoms with van der Waals surface area (Å²) in [6.07, 6.45) is -1.88. The van der Waals surface area contributed by atoms with Crippen molar-refractivity contribution in [1.29, 1.82) is 0 Å². The molecule has 1 amide bonds. The summed E-state index contributed by atoms with van der Waals surface area (Å²) in [5, 5.41) is 6.77. The van der Waals surface area contributed by atoms with Gasteiger partial charge in [-0.3, -0.25) is 4.79 Å². The van der Waals surface area contributed by atoms with Crippen molar-refractivity contribution < 1.29 is 31.6 Å². The number of nitrogens with one attached hydrogen (secondary N) is 1. The van der Waals surface area contributed by atoms with E-state index in [9.17, 15) is 22.4 Å². The molecule has 1 atom stereocenters. The molecule has 168 valence electrons. The molecule has 1 N–H and O–H groups in total. The Hall–Kier alpha value is -2.49. The van der Waals surface area contributed by atoms with Crippen LogP contribution in [0.5, 0.6) is 0 Å². The lowest BCUT2D eigenvalue weighted by atomic mass is 9.89. The normalized spacial score (nSPS) is 20.5. The Morgan fingerprint density at radius 3 is 2.39 bits per heavy atom. The quantitative estimate of drug-likeness (QED) is 0.688. The number of carbonyl (C=O) groups is 1. The summed E-state index contributed by atoms with van der Waals surface area (Å²) >= 11 is 0. The third-order valence-electron chi connectivity index (χ3n) is 6.04. The Morgan fingerprint density at radius 1 is 1.13 bits per heavy atom. The van der Waals surface area contributed by atoms with Gasteiger partial charge in [-0.2, -0.15) is 18.2 Å². The summed E-state index contributed by atoms with van der Waals surface area (Å²) in [6, 6.07) is 3.44. The van der Waals surface area contributed by atoms with E-state index in [-0.39, 0.29) is 17.4 Å². The molecule has 1 aromatic carbocycles. The predicted octanol–water partition coefficient (Wildman–Crippen LogP) is 4.58. The SMILES string of the molecule is O=C(NC1(c2nc(C3CCCC3)no2)CCOCC1)[C@H](F)c1ccc(C(F)(F)F)cc1. The first kappa shape index (κ1) is 21.7. The monoisotopic (exact) mass is 441 g/mol. The van der Waals surface area contributed by atoms with Gasteiger partial charge in [0.15, 0.2) is 5.82 Å². The summed E-state index contributed by atoms with van der Waals surface area (Å²) < 4.78 is 63.9. The number of hydrogen-bond donors (Lipinski definition) is 1. The van der Waals surface area contributed by atoms with Gasteiger partial charge >= 0.3 is 6.18 Å². The molecule has 0 bridgehead atoms. The first-order valence-corrected chi connectivity index (χ1v) is 10.3. The van der Waals surface area contributed by atoms with E-state index in [0.717, 1.165) is 49.9 Å². The van der Waals surface area contributed by atoms with Crippen molar-refractivity contribution in [2.24, 2.45) is 0 Å². The van der Waals surface area contributed by atoms with Crippen LogP contribution in [0.15, 0.2) is 28.8 Å². The topological polar surface area (TPSA) is 77.3 Å². The lowest BCUT2D eigenvalue weighted by molar-refractivity contribution is -0.137. The van der Waals surface area contributed by atoms with Crippen LogP contribution >= 0.6 is 0 Å². The van der Waals surface area contributed by atoms with Crippen molar-refractivity contribution in [3.8, 4) is 0 Å². The van der Waals surface area contributed by atoms with Crippen LogP contribution in [-0.4, -0.2) is 29.3 Å². The molecular weight excluding hydrogens is 418 g/mol.